The number of anilines is 2. The van der Waals surface area contributed by atoms with Crippen LogP contribution in [-0.2, 0) is 7.05 Å². The molecular weight excluding hydrogens is 354 g/mol. The zero-order chi connectivity index (χ0) is 18.6. The molecule has 0 unspecified atom stereocenters. The highest BCUT2D eigenvalue weighted by Gasteiger charge is 2.22. The van der Waals surface area contributed by atoms with E-state index in [1.807, 2.05) is 0 Å². The van der Waals surface area contributed by atoms with Crippen LogP contribution >= 0.6 is 11.8 Å². The van der Waals surface area contributed by atoms with E-state index in [-0.39, 0.29) is 18.8 Å². The molecule has 0 saturated heterocycles. The van der Waals surface area contributed by atoms with Crippen molar-refractivity contribution in [1.29, 1.82) is 0 Å². The number of rotatable bonds is 6. The molecule has 3 N–H and O–H groups in total. The molecule has 134 valence electrons. The van der Waals surface area contributed by atoms with E-state index in [2.05, 4.69) is 15.7 Å². The van der Waals surface area contributed by atoms with Gasteiger partial charge in [-0.15, -0.1) is 11.8 Å². The first kappa shape index (κ1) is 18.9. The second-order valence-corrected chi connectivity index (χ2v) is 5.80. The Bertz CT molecular complexity index is 857. The maximum atomic E-state index is 14.4. The fourth-order valence-corrected chi connectivity index (χ4v) is 2.41. The van der Waals surface area contributed by atoms with Gasteiger partial charge in [0.05, 0.1) is 12.3 Å². The molecule has 0 aliphatic heterocycles. The molecule has 7 nitrogen and oxygen atoms in total. The average Bonchev–Trinajstić information content (AvgIpc) is 2.61. The van der Waals surface area contributed by atoms with Crippen molar-refractivity contribution in [2.75, 3.05) is 24.7 Å². The number of hydrogen-bond donors (Lipinski definition) is 3. The molecule has 2 aromatic rings. The largest absolute Gasteiger partial charge is 0.395 e. The van der Waals surface area contributed by atoms with Gasteiger partial charge in [-0.1, -0.05) is 0 Å². The van der Waals surface area contributed by atoms with Gasteiger partial charge in [-0.05, 0) is 24.5 Å². The first-order valence-corrected chi connectivity index (χ1v) is 8.38. The lowest BCUT2D eigenvalue weighted by Crippen LogP contribution is -2.33. The molecule has 0 aliphatic rings. The lowest BCUT2D eigenvalue weighted by atomic mass is 10.2. The zero-order valence-corrected chi connectivity index (χ0v) is 14.3. The molecule has 10 heteroatoms. The number of hydrogen-bond acceptors (Lipinski definition) is 6. The van der Waals surface area contributed by atoms with Crippen LogP contribution in [0.1, 0.15) is 10.5 Å². The van der Waals surface area contributed by atoms with Gasteiger partial charge in [0.25, 0.3) is 5.91 Å². The number of amides is 1. The number of thioether (sulfide) groups is 1. The van der Waals surface area contributed by atoms with Crippen molar-refractivity contribution in [3.63, 3.8) is 0 Å². The predicted octanol–water partition coefficient (Wildman–Crippen LogP) is 1.25. The van der Waals surface area contributed by atoms with E-state index in [1.54, 1.807) is 12.3 Å². The van der Waals surface area contributed by atoms with Gasteiger partial charge in [-0.3, -0.25) is 9.59 Å². The fourth-order valence-electron chi connectivity index (χ4n) is 1.98. The second-order valence-electron chi connectivity index (χ2n) is 4.92. The van der Waals surface area contributed by atoms with Crippen molar-refractivity contribution in [3.05, 3.63) is 45.9 Å². The first-order chi connectivity index (χ1) is 11.9. The van der Waals surface area contributed by atoms with Crippen LogP contribution < -0.4 is 16.2 Å². The van der Waals surface area contributed by atoms with Gasteiger partial charge in [0, 0.05) is 18.5 Å². The third-order valence-electron chi connectivity index (χ3n) is 3.24. The van der Waals surface area contributed by atoms with Gasteiger partial charge < -0.3 is 15.7 Å². The first-order valence-electron chi connectivity index (χ1n) is 7.15. The highest BCUT2D eigenvalue weighted by Crippen LogP contribution is 2.26. The van der Waals surface area contributed by atoms with Crippen LogP contribution in [0.25, 0.3) is 0 Å². The lowest BCUT2D eigenvalue weighted by molar-refractivity contribution is 0.0938. The number of carbonyl (C=O) groups is 1. The molecule has 0 atom stereocenters. The molecule has 0 spiro atoms. The smallest absolute Gasteiger partial charge is 0.304 e. The number of aromatic nitrogens is 2. The van der Waals surface area contributed by atoms with Gasteiger partial charge >= 0.3 is 5.56 Å². The Morgan fingerprint density at radius 3 is 2.72 bits per heavy atom. The minimum Gasteiger partial charge on any atom is -0.395 e. The number of aliphatic hydroxyl groups excluding tert-OH is 1. The van der Waals surface area contributed by atoms with E-state index >= 15 is 0 Å². The molecule has 0 radical (unpaired) electrons. The van der Waals surface area contributed by atoms with E-state index < -0.39 is 34.5 Å². The lowest BCUT2D eigenvalue weighted by Gasteiger charge is -2.14. The Morgan fingerprint density at radius 2 is 2.12 bits per heavy atom. The van der Waals surface area contributed by atoms with Crippen LogP contribution in [0.4, 0.5) is 20.2 Å². The Labute approximate surface area is 146 Å². The van der Waals surface area contributed by atoms with E-state index in [4.69, 9.17) is 5.11 Å². The summed E-state index contributed by atoms with van der Waals surface area (Å²) in [5.74, 6) is -2.75. The molecule has 25 heavy (non-hydrogen) atoms. The standard InChI is InChI=1S/C15H16F2N4O3S/c1-21-15(24)11(17)12(13(20-21)14(23)18-5-6-22)19-10-4-3-8(25-2)7-9(10)16/h3-4,7,19,22H,5-6H2,1-2H3,(H,18,23). The van der Waals surface area contributed by atoms with Crippen molar-refractivity contribution in [2.24, 2.45) is 7.05 Å². The number of carbonyl (C=O) groups excluding carboxylic acids is 1. The Hall–Kier alpha value is -2.46. The highest BCUT2D eigenvalue weighted by molar-refractivity contribution is 7.98. The molecule has 0 bridgehead atoms. The molecule has 1 aromatic carbocycles. The third kappa shape index (κ3) is 4.15. The van der Waals surface area contributed by atoms with Gasteiger partial charge in [0.2, 0.25) is 5.82 Å². The van der Waals surface area contributed by atoms with E-state index in [0.29, 0.717) is 9.58 Å². The van der Waals surface area contributed by atoms with Gasteiger partial charge in [0.1, 0.15) is 11.5 Å². The number of benzene rings is 1. The molecule has 1 aromatic heterocycles. The Balaban J connectivity index is 2.50. The SMILES string of the molecule is CSc1ccc(Nc2c(C(=O)NCCO)nn(C)c(=O)c2F)c(F)c1. The van der Waals surface area contributed by atoms with Crippen molar-refractivity contribution < 1.29 is 18.7 Å². The number of aryl methyl sites for hydroxylation is 1. The number of aliphatic hydroxyl groups is 1. The predicted molar refractivity (Wildman–Crippen MR) is 90.3 cm³/mol. The quantitative estimate of drug-likeness (QED) is 0.663. The zero-order valence-electron chi connectivity index (χ0n) is 13.5. The topological polar surface area (TPSA) is 96.2 Å². The molecule has 0 aliphatic carbocycles. The molecule has 0 fully saturated rings. The van der Waals surface area contributed by atoms with Crippen LogP contribution in [0.15, 0.2) is 27.9 Å². The summed E-state index contributed by atoms with van der Waals surface area (Å²) < 4.78 is 29.2. The van der Waals surface area contributed by atoms with Crippen LogP contribution in [0, 0.1) is 11.6 Å². The summed E-state index contributed by atoms with van der Waals surface area (Å²) in [5, 5.41) is 17.2. The highest BCUT2D eigenvalue weighted by atomic mass is 32.2. The number of nitrogens with one attached hydrogen (secondary N) is 2. The molecule has 1 heterocycles. The fraction of sp³-hybridized carbons (Fsp3) is 0.267. The summed E-state index contributed by atoms with van der Waals surface area (Å²) in [6.45, 7) is -0.408. The van der Waals surface area contributed by atoms with Gasteiger partial charge in [-0.25, -0.2) is 9.07 Å². The monoisotopic (exact) mass is 370 g/mol. The number of halogens is 2. The van der Waals surface area contributed by atoms with Crippen molar-refractivity contribution in [3.8, 4) is 0 Å². The number of nitrogens with zero attached hydrogens (tertiary/aromatic N) is 2. The minimum absolute atomic E-state index is 0.0821. The average molecular weight is 370 g/mol. The van der Waals surface area contributed by atoms with Crippen LogP contribution in [-0.4, -0.2) is 40.2 Å². The molecule has 1 amide bonds. The van der Waals surface area contributed by atoms with Crippen molar-refractivity contribution in [2.45, 2.75) is 4.90 Å². The van der Waals surface area contributed by atoms with E-state index in [0.717, 1.165) is 0 Å². The van der Waals surface area contributed by atoms with Crippen LogP contribution in [0.5, 0.6) is 0 Å². The summed E-state index contributed by atoms with van der Waals surface area (Å²) >= 11 is 1.33. The molecule has 0 saturated carbocycles. The minimum atomic E-state index is -1.26. The molecular formula is C15H16F2N4O3S. The van der Waals surface area contributed by atoms with E-state index in [1.165, 1.54) is 30.9 Å². The maximum Gasteiger partial charge on any atom is 0.304 e. The summed E-state index contributed by atoms with van der Waals surface area (Å²) in [6.07, 6.45) is 1.77. The van der Waals surface area contributed by atoms with E-state index in [9.17, 15) is 18.4 Å². The summed E-state index contributed by atoms with van der Waals surface area (Å²) in [6, 6.07) is 4.21. The second kappa shape index (κ2) is 8.08. The van der Waals surface area contributed by atoms with Crippen molar-refractivity contribution >= 4 is 29.0 Å². The summed E-state index contributed by atoms with van der Waals surface area (Å²) in [5.41, 5.74) is -2.14. The Kier molecular flexibility index (Phi) is 6.10. The molecule has 2 rings (SSSR count). The third-order valence-corrected chi connectivity index (χ3v) is 3.96. The van der Waals surface area contributed by atoms with Gasteiger partial charge in [0.15, 0.2) is 5.69 Å². The van der Waals surface area contributed by atoms with Crippen LogP contribution in [0.3, 0.4) is 0 Å². The van der Waals surface area contributed by atoms with Crippen LogP contribution in [0.2, 0.25) is 0 Å². The van der Waals surface area contributed by atoms with Crippen molar-refractivity contribution in [1.82, 2.24) is 15.1 Å². The maximum absolute atomic E-state index is 14.4. The Morgan fingerprint density at radius 1 is 1.40 bits per heavy atom. The summed E-state index contributed by atoms with van der Waals surface area (Å²) in [7, 11) is 1.19. The summed E-state index contributed by atoms with van der Waals surface area (Å²) in [4.78, 5) is 24.5. The normalized spacial score (nSPS) is 10.6. The van der Waals surface area contributed by atoms with Gasteiger partial charge in [-0.2, -0.15) is 9.49 Å².